The van der Waals surface area contributed by atoms with E-state index in [-0.39, 0.29) is 11.5 Å². The first-order chi connectivity index (χ1) is 7.58. The molecule has 16 heavy (non-hydrogen) atoms. The van der Waals surface area contributed by atoms with E-state index in [0.29, 0.717) is 16.3 Å². The molecule has 0 fully saturated rings. The number of nitrogen functional groups attached to an aromatic ring is 1. The number of hydrogen-bond donors (Lipinski definition) is 2. The van der Waals surface area contributed by atoms with Crippen LogP contribution in [0, 0.1) is 6.92 Å². The molecule has 1 heterocycles. The smallest absolute Gasteiger partial charge is 0.260 e. The Morgan fingerprint density at radius 2 is 1.94 bits per heavy atom. The summed E-state index contributed by atoms with van der Waals surface area (Å²) < 4.78 is 0. The quantitative estimate of drug-likeness (QED) is 0.794. The Bertz CT molecular complexity index is 575. The Hall–Kier alpha value is -1.81. The SMILES string of the molecule is Cc1nc(N)[nH]c(=O)c1-c1ccc(Cl)cc1. The molecule has 0 bridgehead atoms. The van der Waals surface area contributed by atoms with Crippen molar-refractivity contribution in [3.63, 3.8) is 0 Å². The molecule has 1 aromatic carbocycles. The van der Waals surface area contributed by atoms with E-state index >= 15 is 0 Å². The predicted octanol–water partition coefficient (Wildman–Crippen LogP) is 1.98. The zero-order chi connectivity index (χ0) is 11.7. The van der Waals surface area contributed by atoms with Gasteiger partial charge in [-0.25, -0.2) is 4.98 Å². The Labute approximate surface area is 97.1 Å². The summed E-state index contributed by atoms with van der Waals surface area (Å²) in [5.74, 6) is 0.125. The van der Waals surface area contributed by atoms with Crippen LogP contribution in [0.4, 0.5) is 5.95 Å². The molecular weight excluding hydrogens is 226 g/mol. The summed E-state index contributed by atoms with van der Waals surface area (Å²) >= 11 is 5.78. The summed E-state index contributed by atoms with van der Waals surface area (Å²) in [5.41, 5.74) is 7.09. The van der Waals surface area contributed by atoms with Gasteiger partial charge in [0.25, 0.3) is 5.56 Å². The number of nitrogens with zero attached hydrogens (tertiary/aromatic N) is 1. The number of H-pyrrole nitrogens is 1. The molecule has 0 aliphatic rings. The van der Waals surface area contributed by atoms with E-state index in [1.54, 1.807) is 31.2 Å². The number of aromatic amines is 1. The van der Waals surface area contributed by atoms with Crippen LogP contribution in [0.15, 0.2) is 29.1 Å². The van der Waals surface area contributed by atoms with E-state index in [1.165, 1.54) is 0 Å². The van der Waals surface area contributed by atoms with Crippen LogP contribution < -0.4 is 11.3 Å². The zero-order valence-electron chi connectivity index (χ0n) is 8.62. The van der Waals surface area contributed by atoms with Crippen molar-refractivity contribution < 1.29 is 0 Å². The van der Waals surface area contributed by atoms with Crippen molar-refractivity contribution in [3.05, 3.63) is 45.3 Å². The molecule has 0 aliphatic heterocycles. The second-order valence-electron chi connectivity index (χ2n) is 3.42. The predicted molar refractivity (Wildman–Crippen MR) is 64.5 cm³/mol. The summed E-state index contributed by atoms with van der Waals surface area (Å²) in [6, 6.07) is 7.01. The standard InChI is InChI=1S/C11H10ClN3O/c1-6-9(10(16)15-11(13)14-6)7-2-4-8(12)5-3-7/h2-5H,1H3,(H3,13,14,15,16). The van der Waals surface area contributed by atoms with Crippen molar-refractivity contribution >= 4 is 17.5 Å². The van der Waals surface area contributed by atoms with Gasteiger partial charge in [0.05, 0.1) is 11.3 Å². The molecule has 0 aliphatic carbocycles. The molecule has 0 unspecified atom stereocenters. The largest absolute Gasteiger partial charge is 0.369 e. The number of benzene rings is 1. The number of hydrogen-bond acceptors (Lipinski definition) is 3. The summed E-state index contributed by atoms with van der Waals surface area (Å²) in [6.45, 7) is 1.75. The van der Waals surface area contributed by atoms with Crippen molar-refractivity contribution in [2.45, 2.75) is 6.92 Å². The Kier molecular flexibility index (Phi) is 2.66. The minimum Gasteiger partial charge on any atom is -0.369 e. The summed E-state index contributed by atoms with van der Waals surface area (Å²) in [6.07, 6.45) is 0. The molecule has 3 N–H and O–H groups in total. The average Bonchev–Trinajstić information content (AvgIpc) is 2.19. The van der Waals surface area contributed by atoms with Crippen LogP contribution in [0.3, 0.4) is 0 Å². The highest BCUT2D eigenvalue weighted by Crippen LogP contribution is 2.20. The van der Waals surface area contributed by atoms with Gasteiger partial charge in [-0.05, 0) is 24.6 Å². The van der Waals surface area contributed by atoms with E-state index in [1.807, 2.05) is 0 Å². The number of halogens is 1. The van der Waals surface area contributed by atoms with Gasteiger partial charge in [0.15, 0.2) is 0 Å². The summed E-state index contributed by atoms with van der Waals surface area (Å²) in [4.78, 5) is 18.2. The lowest BCUT2D eigenvalue weighted by Crippen LogP contribution is -2.15. The number of nitrogens with two attached hydrogens (primary N) is 1. The second kappa shape index (κ2) is 3.98. The number of aryl methyl sites for hydroxylation is 1. The average molecular weight is 236 g/mol. The minimum atomic E-state index is -0.243. The molecule has 5 heteroatoms. The molecule has 2 rings (SSSR count). The summed E-state index contributed by atoms with van der Waals surface area (Å²) in [7, 11) is 0. The van der Waals surface area contributed by atoms with Gasteiger partial charge < -0.3 is 5.73 Å². The van der Waals surface area contributed by atoms with E-state index in [2.05, 4.69) is 9.97 Å². The molecule has 0 amide bonds. The van der Waals surface area contributed by atoms with Crippen LogP contribution in [0.1, 0.15) is 5.69 Å². The maximum absolute atomic E-state index is 11.7. The van der Waals surface area contributed by atoms with Crippen molar-refractivity contribution in [1.29, 1.82) is 0 Å². The third kappa shape index (κ3) is 1.92. The first-order valence-corrected chi connectivity index (χ1v) is 5.08. The third-order valence-electron chi connectivity index (χ3n) is 2.25. The molecule has 0 atom stereocenters. The first-order valence-electron chi connectivity index (χ1n) is 4.70. The van der Waals surface area contributed by atoms with Crippen LogP contribution in [0.2, 0.25) is 5.02 Å². The highest BCUT2D eigenvalue weighted by Gasteiger charge is 2.08. The van der Waals surface area contributed by atoms with Crippen molar-refractivity contribution in [1.82, 2.24) is 9.97 Å². The van der Waals surface area contributed by atoms with Crippen LogP contribution in [-0.2, 0) is 0 Å². The van der Waals surface area contributed by atoms with Gasteiger partial charge in [0, 0.05) is 5.02 Å². The lowest BCUT2D eigenvalue weighted by atomic mass is 10.1. The number of aromatic nitrogens is 2. The molecule has 0 spiro atoms. The zero-order valence-corrected chi connectivity index (χ0v) is 9.38. The number of nitrogens with one attached hydrogen (secondary N) is 1. The molecule has 1 aromatic heterocycles. The topological polar surface area (TPSA) is 71.8 Å². The number of rotatable bonds is 1. The first kappa shape index (κ1) is 10.7. The van der Waals surface area contributed by atoms with E-state index < -0.39 is 0 Å². The highest BCUT2D eigenvalue weighted by molar-refractivity contribution is 6.30. The van der Waals surface area contributed by atoms with E-state index in [4.69, 9.17) is 17.3 Å². The Morgan fingerprint density at radius 3 is 2.50 bits per heavy atom. The fraction of sp³-hybridized carbons (Fsp3) is 0.0909. The molecule has 0 saturated heterocycles. The Balaban J connectivity index is 2.65. The van der Waals surface area contributed by atoms with E-state index in [9.17, 15) is 4.79 Å². The van der Waals surface area contributed by atoms with Gasteiger partial charge in [-0.15, -0.1) is 0 Å². The monoisotopic (exact) mass is 235 g/mol. The van der Waals surface area contributed by atoms with Crippen LogP contribution in [-0.4, -0.2) is 9.97 Å². The molecule has 4 nitrogen and oxygen atoms in total. The van der Waals surface area contributed by atoms with Crippen LogP contribution >= 0.6 is 11.6 Å². The van der Waals surface area contributed by atoms with Gasteiger partial charge in [0.1, 0.15) is 0 Å². The molecular formula is C11H10ClN3O. The molecule has 2 aromatic rings. The van der Waals surface area contributed by atoms with Crippen LogP contribution in [0.5, 0.6) is 0 Å². The maximum atomic E-state index is 11.7. The van der Waals surface area contributed by atoms with Gasteiger partial charge in [-0.1, -0.05) is 23.7 Å². The lowest BCUT2D eigenvalue weighted by molar-refractivity contribution is 1.09. The van der Waals surface area contributed by atoms with E-state index in [0.717, 1.165) is 5.56 Å². The fourth-order valence-electron chi connectivity index (χ4n) is 1.56. The third-order valence-corrected chi connectivity index (χ3v) is 2.50. The van der Waals surface area contributed by atoms with Gasteiger partial charge in [0.2, 0.25) is 5.95 Å². The highest BCUT2D eigenvalue weighted by atomic mass is 35.5. The lowest BCUT2D eigenvalue weighted by Gasteiger charge is -2.04. The minimum absolute atomic E-state index is 0.125. The molecule has 82 valence electrons. The summed E-state index contributed by atoms with van der Waals surface area (Å²) in [5, 5.41) is 0.626. The molecule has 0 radical (unpaired) electrons. The fourth-order valence-corrected chi connectivity index (χ4v) is 1.69. The van der Waals surface area contributed by atoms with Crippen LogP contribution in [0.25, 0.3) is 11.1 Å². The normalized spacial score (nSPS) is 10.4. The maximum Gasteiger partial charge on any atom is 0.260 e. The van der Waals surface area contributed by atoms with Gasteiger partial charge in [-0.2, -0.15) is 0 Å². The van der Waals surface area contributed by atoms with Gasteiger partial charge >= 0.3 is 0 Å². The van der Waals surface area contributed by atoms with Crippen molar-refractivity contribution in [3.8, 4) is 11.1 Å². The molecule has 0 saturated carbocycles. The van der Waals surface area contributed by atoms with Crippen molar-refractivity contribution in [2.24, 2.45) is 0 Å². The van der Waals surface area contributed by atoms with Crippen molar-refractivity contribution in [2.75, 3.05) is 5.73 Å². The Morgan fingerprint density at radius 1 is 1.31 bits per heavy atom. The van der Waals surface area contributed by atoms with Gasteiger partial charge in [-0.3, -0.25) is 9.78 Å². The second-order valence-corrected chi connectivity index (χ2v) is 3.85. The number of anilines is 1.